The van der Waals surface area contributed by atoms with Crippen LogP contribution in [0.25, 0.3) is 10.2 Å². The van der Waals surface area contributed by atoms with Crippen molar-refractivity contribution >= 4 is 21.6 Å². The van der Waals surface area contributed by atoms with Crippen LogP contribution in [0.2, 0.25) is 0 Å². The lowest BCUT2D eigenvalue weighted by atomic mass is 10.1. The fourth-order valence-electron chi connectivity index (χ4n) is 1.93. The second kappa shape index (κ2) is 4.95. The highest BCUT2D eigenvalue weighted by Gasteiger charge is 2.12. The van der Waals surface area contributed by atoms with Gasteiger partial charge in [-0.3, -0.25) is 4.98 Å². The molecule has 0 fully saturated rings. The van der Waals surface area contributed by atoms with Gasteiger partial charge in [0.15, 0.2) is 0 Å². The molecule has 0 radical (unpaired) electrons. The van der Waals surface area contributed by atoms with E-state index in [0.29, 0.717) is 6.42 Å². The van der Waals surface area contributed by atoms with E-state index >= 15 is 0 Å². The summed E-state index contributed by atoms with van der Waals surface area (Å²) in [7, 11) is 0. The third-order valence-corrected chi connectivity index (χ3v) is 4.08. The second-order valence-electron chi connectivity index (χ2n) is 4.37. The van der Waals surface area contributed by atoms with Crippen molar-refractivity contribution in [1.29, 1.82) is 0 Å². The molecule has 0 aliphatic rings. The Hall–Kier alpha value is -1.98. The van der Waals surface area contributed by atoms with E-state index in [9.17, 15) is 5.11 Å². The van der Waals surface area contributed by atoms with Gasteiger partial charge in [0, 0.05) is 6.20 Å². The molecule has 0 saturated carbocycles. The first-order valence-corrected chi connectivity index (χ1v) is 6.78. The minimum absolute atomic E-state index is 0.137. The molecule has 3 rings (SSSR count). The number of nitrogens with zero attached hydrogens (tertiary/aromatic N) is 2. The number of rotatable bonds is 3. The zero-order chi connectivity index (χ0) is 13.2. The first-order chi connectivity index (χ1) is 9.22. The van der Waals surface area contributed by atoms with E-state index in [1.165, 1.54) is 0 Å². The Kier molecular flexibility index (Phi) is 3.15. The number of thiazole rings is 1. The lowest BCUT2D eigenvalue weighted by molar-refractivity contribution is 0.475. The predicted molar refractivity (Wildman–Crippen MR) is 76.2 cm³/mol. The number of hydrogen-bond acceptors (Lipinski definition) is 5. The Morgan fingerprint density at radius 2 is 2.00 bits per heavy atom. The Morgan fingerprint density at radius 1 is 1.21 bits per heavy atom. The van der Waals surface area contributed by atoms with Gasteiger partial charge in [0.05, 0.1) is 22.5 Å². The molecule has 1 unspecified atom stereocenters. The fourth-order valence-corrected chi connectivity index (χ4v) is 2.87. The maximum Gasteiger partial charge on any atom is 0.115 e. The summed E-state index contributed by atoms with van der Waals surface area (Å²) >= 11 is 1.60. The van der Waals surface area contributed by atoms with Gasteiger partial charge < -0.3 is 10.8 Å². The van der Waals surface area contributed by atoms with E-state index in [4.69, 9.17) is 5.73 Å². The van der Waals surface area contributed by atoms with Crippen LogP contribution in [0.15, 0.2) is 42.7 Å². The Bertz CT molecular complexity index is 660. The van der Waals surface area contributed by atoms with Crippen molar-refractivity contribution in [3.05, 3.63) is 53.3 Å². The van der Waals surface area contributed by atoms with Crippen LogP contribution in [0.5, 0.6) is 5.75 Å². The van der Waals surface area contributed by atoms with Gasteiger partial charge in [0.25, 0.3) is 0 Å². The van der Waals surface area contributed by atoms with Gasteiger partial charge in [0.2, 0.25) is 0 Å². The number of phenols is 1. The molecule has 4 nitrogen and oxygen atoms in total. The molecule has 0 spiro atoms. The summed E-state index contributed by atoms with van der Waals surface area (Å²) in [5.74, 6) is 0.267. The lowest BCUT2D eigenvalue weighted by Gasteiger charge is -2.08. The molecule has 2 aromatic heterocycles. The predicted octanol–water partition coefficient (Wildman–Crippen LogP) is 2.64. The molecule has 3 aromatic rings. The number of hydrogen-bond donors (Lipinski definition) is 2. The molecule has 3 N–H and O–H groups in total. The molecule has 2 heterocycles. The van der Waals surface area contributed by atoms with Crippen molar-refractivity contribution in [2.75, 3.05) is 0 Å². The SMILES string of the molecule is NC(Cc1ccc(O)cc1)c1nc2cnccc2s1. The van der Waals surface area contributed by atoms with Crippen LogP contribution >= 0.6 is 11.3 Å². The molecule has 0 aliphatic heterocycles. The van der Waals surface area contributed by atoms with Crippen molar-refractivity contribution < 1.29 is 5.11 Å². The van der Waals surface area contributed by atoms with E-state index in [1.807, 2.05) is 18.2 Å². The molecule has 96 valence electrons. The molecule has 0 bridgehead atoms. The summed E-state index contributed by atoms with van der Waals surface area (Å²) in [5, 5.41) is 10.2. The van der Waals surface area contributed by atoms with E-state index < -0.39 is 0 Å². The Labute approximate surface area is 114 Å². The van der Waals surface area contributed by atoms with Gasteiger partial charge >= 0.3 is 0 Å². The van der Waals surface area contributed by atoms with Crippen LogP contribution in [-0.4, -0.2) is 15.1 Å². The van der Waals surface area contributed by atoms with Crippen molar-refractivity contribution in [1.82, 2.24) is 9.97 Å². The van der Waals surface area contributed by atoms with Crippen LogP contribution < -0.4 is 5.73 Å². The summed E-state index contributed by atoms with van der Waals surface area (Å²) in [5.41, 5.74) is 8.17. The first kappa shape index (κ1) is 12.1. The third kappa shape index (κ3) is 2.57. The van der Waals surface area contributed by atoms with E-state index in [2.05, 4.69) is 9.97 Å². The molecule has 19 heavy (non-hydrogen) atoms. The fraction of sp³-hybridized carbons (Fsp3) is 0.143. The third-order valence-electron chi connectivity index (χ3n) is 2.92. The van der Waals surface area contributed by atoms with Gasteiger partial charge in [-0.25, -0.2) is 4.98 Å². The summed E-state index contributed by atoms with van der Waals surface area (Å²) in [4.78, 5) is 8.56. The quantitative estimate of drug-likeness (QED) is 0.768. The second-order valence-corrected chi connectivity index (χ2v) is 5.43. The standard InChI is InChI=1S/C14H13N3OS/c15-11(7-9-1-3-10(18)4-2-9)14-17-12-8-16-6-5-13(12)19-14/h1-6,8,11,18H,7,15H2. The molecule has 0 aliphatic carbocycles. The Morgan fingerprint density at radius 3 is 2.74 bits per heavy atom. The van der Waals surface area contributed by atoms with Gasteiger partial charge in [-0.05, 0) is 30.2 Å². The van der Waals surface area contributed by atoms with Crippen LogP contribution in [0.4, 0.5) is 0 Å². The maximum atomic E-state index is 9.25. The van der Waals surface area contributed by atoms with Crippen LogP contribution in [0, 0.1) is 0 Å². The molecule has 0 amide bonds. The van der Waals surface area contributed by atoms with Crippen molar-refractivity contribution in [3.8, 4) is 5.75 Å². The van der Waals surface area contributed by atoms with Gasteiger partial charge in [-0.15, -0.1) is 11.3 Å². The summed E-state index contributed by atoms with van der Waals surface area (Å²) < 4.78 is 1.10. The summed E-state index contributed by atoms with van der Waals surface area (Å²) in [6, 6.07) is 8.91. The number of aromatic nitrogens is 2. The monoisotopic (exact) mass is 271 g/mol. The lowest BCUT2D eigenvalue weighted by Crippen LogP contribution is -2.12. The largest absolute Gasteiger partial charge is 0.508 e. The molecule has 0 saturated heterocycles. The van der Waals surface area contributed by atoms with Crippen LogP contribution in [-0.2, 0) is 6.42 Å². The van der Waals surface area contributed by atoms with E-state index in [1.54, 1.807) is 35.9 Å². The van der Waals surface area contributed by atoms with Gasteiger partial charge in [-0.2, -0.15) is 0 Å². The molecule has 5 heteroatoms. The number of aromatic hydroxyl groups is 1. The molecular weight excluding hydrogens is 258 g/mol. The van der Waals surface area contributed by atoms with Crippen LogP contribution in [0.1, 0.15) is 16.6 Å². The normalized spacial score (nSPS) is 12.7. The summed E-state index contributed by atoms with van der Waals surface area (Å²) in [6.07, 6.45) is 4.21. The smallest absolute Gasteiger partial charge is 0.115 e. The molecular formula is C14H13N3OS. The topological polar surface area (TPSA) is 72.0 Å². The molecule has 1 atom stereocenters. The maximum absolute atomic E-state index is 9.25. The highest BCUT2D eigenvalue weighted by atomic mass is 32.1. The average Bonchev–Trinajstić information content (AvgIpc) is 2.85. The van der Waals surface area contributed by atoms with E-state index in [0.717, 1.165) is 20.8 Å². The van der Waals surface area contributed by atoms with Crippen molar-refractivity contribution in [3.63, 3.8) is 0 Å². The number of fused-ring (bicyclic) bond motifs is 1. The highest BCUT2D eigenvalue weighted by Crippen LogP contribution is 2.26. The summed E-state index contributed by atoms with van der Waals surface area (Å²) in [6.45, 7) is 0. The minimum Gasteiger partial charge on any atom is -0.508 e. The van der Waals surface area contributed by atoms with Crippen LogP contribution in [0.3, 0.4) is 0 Å². The Balaban J connectivity index is 1.83. The van der Waals surface area contributed by atoms with Gasteiger partial charge in [0.1, 0.15) is 10.8 Å². The van der Waals surface area contributed by atoms with E-state index in [-0.39, 0.29) is 11.8 Å². The number of benzene rings is 1. The van der Waals surface area contributed by atoms with Crippen molar-refractivity contribution in [2.45, 2.75) is 12.5 Å². The number of nitrogens with two attached hydrogens (primary N) is 1. The number of pyridine rings is 1. The first-order valence-electron chi connectivity index (χ1n) is 5.96. The van der Waals surface area contributed by atoms with Crippen molar-refractivity contribution in [2.24, 2.45) is 5.73 Å². The van der Waals surface area contributed by atoms with Gasteiger partial charge in [-0.1, -0.05) is 12.1 Å². The number of phenolic OH excluding ortho intramolecular Hbond substituents is 1. The average molecular weight is 271 g/mol. The zero-order valence-corrected chi connectivity index (χ0v) is 11.0. The zero-order valence-electron chi connectivity index (χ0n) is 10.2. The molecule has 1 aromatic carbocycles. The highest BCUT2D eigenvalue weighted by molar-refractivity contribution is 7.18. The minimum atomic E-state index is -0.137.